The fraction of sp³-hybridized carbons (Fsp3) is 0.353. The van der Waals surface area contributed by atoms with E-state index in [1.807, 2.05) is 18.3 Å². The second kappa shape index (κ2) is 5.96. The summed E-state index contributed by atoms with van der Waals surface area (Å²) in [5.41, 5.74) is 4.10. The number of aromatic nitrogens is 1. The SMILES string of the molecule is Cc1ccc(C)c(C(C)(C)CNc2ccc(Br)cn2)c1. The van der Waals surface area contributed by atoms with Crippen molar-refractivity contribution in [2.45, 2.75) is 33.1 Å². The lowest BCUT2D eigenvalue weighted by atomic mass is 9.81. The lowest BCUT2D eigenvalue weighted by Crippen LogP contribution is -2.28. The minimum atomic E-state index is 0.0604. The maximum absolute atomic E-state index is 4.36. The average molecular weight is 333 g/mol. The number of nitrogens with zero attached hydrogens (tertiary/aromatic N) is 1. The van der Waals surface area contributed by atoms with E-state index in [0.29, 0.717) is 0 Å². The third kappa shape index (κ3) is 3.60. The van der Waals surface area contributed by atoms with Crippen molar-refractivity contribution in [1.82, 2.24) is 4.98 Å². The van der Waals surface area contributed by atoms with Crippen molar-refractivity contribution in [3.8, 4) is 0 Å². The summed E-state index contributed by atoms with van der Waals surface area (Å²) in [4.78, 5) is 4.36. The number of anilines is 1. The van der Waals surface area contributed by atoms with Gasteiger partial charge < -0.3 is 5.32 Å². The third-order valence-electron chi connectivity index (χ3n) is 3.56. The summed E-state index contributed by atoms with van der Waals surface area (Å²) in [7, 11) is 0. The van der Waals surface area contributed by atoms with E-state index < -0.39 is 0 Å². The highest BCUT2D eigenvalue weighted by Crippen LogP contribution is 2.27. The number of benzene rings is 1. The van der Waals surface area contributed by atoms with Crippen LogP contribution in [0, 0.1) is 13.8 Å². The molecule has 20 heavy (non-hydrogen) atoms. The zero-order valence-corrected chi connectivity index (χ0v) is 14.1. The van der Waals surface area contributed by atoms with Crippen molar-refractivity contribution in [3.63, 3.8) is 0 Å². The van der Waals surface area contributed by atoms with E-state index in [1.54, 1.807) is 0 Å². The second-order valence-corrected chi connectivity index (χ2v) is 6.83. The molecule has 0 radical (unpaired) electrons. The Morgan fingerprint density at radius 2 is 1.90 bits per heavy atom. The first kappa shape index (κ1) is 15.0. The van der Waals surface area contributed by atoms with Crippen molar-refractivity contribution >= 4 is 21.7 Å². The molecule has 0 spiro atoms. The summed E-state index contributed by atoms with van der Waals surface area (Å²) < 4.78 is 0.997. The molecule has 0 aliphatic heterocycles. The lowest BCUT2D eigenvalue weighted by Gasteiger charge is -2.28. The molecule has 2 nitrogen and oxygen atoms in total. The van der Waals surface area contributed by atoms with Crippen molar-refractivity contribution in [2.24, 2.45) is 0 Å². The minimum absolute atomic E-state index is 0.0604. The Balaban J connectivity index is 2.14. The van der Waals surface area contributed by atoms with Gasteiger partial charge in [-0.2, -0.15) is 0 Å². The van der Waals surface area contributed by atoms with Gasteiger partial charge in [0.1, 0.15) is 5.82 Å². The highest BCUT2D eigenvalue weighted by Gasteiger charge is 2.22. The van der Waals surface area contributed by atoms with Gasteiger partial charge in [-0.3, -0.25) is 0 Å². The molecule has 2 aromatic rings. The van der Waals surface area contributed by atoms with Crippen LogP contribution >= 0.6 is 15.9 Å². The highest BCUT2D eigenvalue weighted by molar-refractivity contribution is 9.10. The average Bonchev–Trinajstić information content (AvgIpc) is 2.41. The van der Waals surface area contributed by atoms with Crippen molar-refractivity contribution < 1.29 is 0 Å². The molecule has 0 aliphatic rings. The molecule has 0 saturated carbocycles. The summed E-state index contributed by atoms with van der Waals surface area (Å²) in [6.45, 7) is 9.70. The molecule has 3 heteroatoms. The zero-order valence-electron chi connectivity index (χ0n) is 12.5. The van der Waals surface area contributed by atoms with Gasteiger partial charge in [0.15, 0.2) is 0 Å². The van der Waals surface area contributed by atoms with E-state index in [4.69, 9.17) is 0 Å². The molecule has 1 aromatic heterocycles. The van der Waals surface area contributed by atoms with Crippen LogP contribution in [-0.2, 0) is 5.41 Å². The molecule has 0 aliphatic carbocycles. The molecule has 0 saturated heterocycles. The van der Waals surface area contributed by atoms with E-state index in [9.17, 15) is 0 Å². The monoisotopic (exact) mass is 332 g/mol. The number of hydrogen-bond acceptors (Lipinski definition) is 2. The molecule has 106 valence electrons. The first-order valence-electron chi connectivity index (χ1n) is 6.82. The van der Waals surface area contributed by atoms with E-state index in [1.165, 1.54) is 16.7 Å². The van der Waals surface area contributed by atoms with E-state index >= 15 is 0 Å². The summed E-state index contributed by atoms with van der Waals surface area (Å²) in [5, 5.41) is 3.43. The second-order valence-electron chi connectivity index (χ2n) is 5.92. The summed E-state index contributed by atoms with van der Waals surface area (Å²) in [6.07, 6.45) is 1.81. The first-order chi connectivity index (χ1) is 9.38. The number of rotatable bonds is 4. The first-order valence-corrected chi connectivity index (χ1v) is 7.61. The van der Waals surface area contributed by atoms with Gasteiger partial charge >= 0.3 is 0 Å². The topological polar surface area (TPSA) is 24.9 Å². The molecule has 2 rings (SSSR count). The fourth-order valence-electron chi connectivity index (χ4n) is 2.35. The predicted octanol–water partition coefficient (Wildman–Crippen LogP) is 4.85. The van der Waals surface area contributed by atoms with Crippen LogP contribution in [0.3, 0.4) is 0 Å². The summed E-state index contributed by atoms with van der Waals surface area (Å²) >= 11 is 3.40. The predicted molar refractivity (Wildman–Crippen MR) is 89.4 cm³/mol. The van der Waals surface area contributed by atoms with Crippen molar-refractivity contribution in [3.05, 3.63) is 57.7 Å². The van der Waals surface area contributed by atoms with Crippen LogP contribution in [0.4, 0.5) is 5.82 Å². The molecule has 0 unspecified atom stereocenters. The molecule has 0 amide bonds. The zero-order chi connectivity index (χ0) is 14.8. The maximum Gasteiger partial charge on any atom is 0.125 e. The van der Waals surface area contributed by atoms with Gasteiger partial charge in [0.25, 0.3) is 0 Å². The van der Waals surface area contributed by atoms with Gasteiger partial charge in [-0.25, -0.2) is 4.98 Å². The van der Waals surface area contributed by atoms with E-state index in [2.05, 4.69) is 72.1 Å². The Morgan fingerprint density at radius 3 is 2.55 bits per heavy atom. The van der Waals surface area contributed by atoms with Crippen molar-refractivity contribution in [1.29, 1.82) is 0 Å². The molecule has 0 bridgehead atoms. The Hall–Kier alpha value is -1.35. The molecular formula is C17H21BrN2. The van der Waals surface area contributed by atoms with Crippen LogP contribution in [0.15, 0.2) is 41.0 Å². The Labute approximate surface area is 129 Å². The van der Waals surface area contributed by atoms with Gasteiger partial charge in [0.2, 0.25) is 0 Å². The number of nitrogens with one attached hydrogen (secondary N) is 1. The van der Waals surface area contributed by atoms with Crippen LogP contribution < -0.4 is 5.32 Å². The largest absolute Gasteiger partial charge is 0.369 e. The van der Waals surface area contributed by atoms with Gasteiger partial charge in [0, 0.05) is 22.6 Å². The quantitative estimate of drug-likeness (QED) is 0.865. The highest BCUT2D eigenvalue weighted by atomic mass is 79.9. The molecule has 1 heterocycles. The Kier molecular flexibility index (Phi) is 4.48. The van der Waals surface area contributed by atoms with Gasteiger partial charge in [-0.05, 0) is 53.0 Å². The van der Waals surface area contributed by atoms with E-state index in [0.717, 1.165) is 16.8 Å². The number of pyridine rings is 1. The number of aryl methyl sites for hydroxylation is 2. The lowest BCUT2D eigenvalue weighted by molar-refractivity contribution is 0.552. The molecule has 1 aromatic carbocycles. The summed E-state index contributed by atoms with van der Waals surface area (Å²) in [6, 6.07) is 10.6. The molecule has 0 atom stereocenters. The number of hydrogen-bond donors (Lipinski definition) is 1. The van der Waals surface area contributed by atoms with Gasteiger partial charge in [-0.15, -0.1) is 0 Å². The minimum Gasteiger partial charge on any atom is -0.369 e. The normalized spacial score (nSPS) is 11.4. The fourth-order valence-corrected chi connectivity index (χ4v) is 2.59. The van der Waals surface area contributed by atoms with Crippen LogP contribution in [0.1, 0.15) is 30.5 Å². The summed E-state index contributed by atoms with van der Waals surface area (Å²) in [5.74, 6) is 0.909. The van der Waals surface area contributed by atoms with E-state index in [-0.39, 0.29) is 5.41 Å². The molecular weight excluding hydrogens is 312 g/mol. The van der Waals surface area contributed by atoms with Crippen LogP contribution in [-0.4, -0.2) is 11.5 Å². The standard InChI is InChI=1S/C17H21BrN2/c1-12-5-6-13(2)15(9-12)17(3,4)11-20-16-8-7-14(18)10-19-16/h5-10H,11H2,1-4H3,(H,19,20). The van der Waals surface area contributed by atoms with Gasteiger partial charge in [-0.1, -0.05) is 37.6 Å². The molecule has 0 fully saturated rings. The Morgan fingerprint density at radius 1 is 1.15 bits per heavy atom. The van der Waals surface area contributed by atoms with Gasteiger partial charge in [0.05, 0.1) is 0 Å². The third-order valence-corrected chi connectivity index (χ3v) is 4.03. The number of halogens is 1. The smallest absolute Gasteiger partial charge is 0.125 e. The molecule has 1 N–H and O–H groups in total. The van der Waals surface area contributed by atoms with Crippen LogP contribution in [0.2, 0.25) is 0 Å². The van der Waals surface area contributed by atoms with Crippen molar-refractivity contribution in [2.75, 3.05) is 11.9 Å². The maximum atomic E-state index is 4.36. The van der Waals surface area contributed by atoms with Crippen LogP contribution in [0.25, 0.3) is 0 Å². The Bertz CT molecular complexity index is 588. The van der Waals surface area contributed by atoms with Crippen LogP contribution in [0.5, 0.6) is 0 Å².